The van der Waals surface area contributed by atoms with Crippen LogP contribution in [0.4, 0.5) is 0 Å². The van der Waals surface area contributed by atoms with Gasteiger partial charge in [-0.2, -0.15) is 9.64 Å². The molecule has 0 atom stereocenters. The van der Waals surface area contributed by atoms with E-state index in [1.165, 1.54) is 11.5 Å². The van der Waals surface area contributed by atoms with E-state index in [2.05, 4.69) is 15.4 Å². The average molecular weight is 247 g/mol. The van der Waals surface area contributed by atoms with Crippen molar-refractivity contribution in [1.82, 2.24) is 9.36 Å². The minimum Gasteiger partial charge on any atom is -0.213 e. The van der Waals surface area contributed by atoms with Crippen LogP contribution in [0.3, 0.4) is 0 Å². The summed E-state index contributed by atoms with van der Waals surface area (Å²) in [4.78, 5) is 5.45. The highest BCUT2D eigenvalue weighted by Gasteiger charge is 2.04. The Morgan fingerprint density at radius 2 is 2.12 bits per heavy atom. The smallest absolute Gasteiger partial charge is 0.174 e. The molecular weight excluding hydrogens is 238 g/mol. The van der Waals surface area contributed by atoms with Crippen molar-refractivity contribution in [1.29, 1.82) is 5.26 Å². The van der Waals surface area contributed by atoms with Crippen LogP contribution in [0.1, 0.15) is 18.3 Å². The Kier molecular flexibility index (Phi) is 3.54. The van der Waals surface area contributed by atoms with Crippen LogP contribution in [0.2, 0.25) is 0 Å². The van der Waals surface area contributed by atoms with E-state index in [1.807, 2.05) is 31.2 Å². The fourth-order valence-corrected chi connectivity index (χ4v) is 2.80. The predicted octanol–water partition coefficient (Wildman–Crippen LogP) is 3.12. The molecule has 5 heteroatoms. The average Bonchev–Trinajstić information content (AvgIpc) is 2.78. The van der Waals surface area contributed by atoms with E-state index in [9.17, 15) is 0 Å². The number of aryl methyl sites for hydroxylation is 1. The van der Waals surface area contributed by atoms with Crippen LogP contribution in [0.25, 0.3) is 0 Å². The molecule has 3 nitrogen and oxygen atoms in total. The lowest BCUT2D eigenvalue weighted by Crippen LogP contribution is -1.81. The first-order valence-electron chi connectivity index (χ1n) is 4.82. The second-order valence-corrected chi connectivity index (χ2v) is 5.14. The standard InChI is InChI=1S/C11H9N3S2/c1-2-10-13-11(16-14-10)15-9-5-3-8(7-12)4-6-9/h3-6H,2H2,1H3. The van der Waals surface area contributed by atoms with Gasteiger partial charge in [-0.25, -0.2) is 4.98 Å². The molecule has 0 spiro atoms. The molecule has 0 aliphatic rings. The van der Waals surface area contributed by atoms with Gasteiger partial charge < -0.3 is 0 Å². The van der Waals surface area contributed by atoms with E-state index in [-0.39, 0.29) is 0 Å². The Hall–Kier alpha value is -1.38. The van der Waals surface area contributed by atoms with Crippen molar-refractivity contribution in [3.63, 3.8) is 0 Å². The molecule has 0 fully saturated rings. The second-order valence-electron chi connectivity index (χ2n) is 3.07. The first-order chi connectivity index (χ1) is 7.81. The van der Waals surface area contributed by atoms with Crippen LogP contribution in [-0.4, -0.2) is 9.36 Å². The van der Waals surface area contributed by atoms with E-state index in [0.29, 0.717) is 5.56 Å². The minimum absolute atomic E-state index is 0.677. The Labute approximate surface area is 102 Å². The van der Waals surface area contributed by atoms with Crippen LogP contribution >= 0.6 is 23.3 Å². The molecule has 0 aliphatic heterocycles. The van der Waals surface area contributed by atoms with Crippen molar-refractivity contribution in [2.24, 2.45) is 0 Å². The van der Waals surface area contributed by atoms with Crippen LogP contribution in [-0.2, 0) is 6.42 Å². The van der Waals surface area contributed by atoms with E-state index in [1.54, 1.807) is 11.8 Å². The molecule has 1 heterocycles. The molecule has 1 aromatic heterocycles. The predicted molar refractivity (Wildman–Crippen MR) is 64.6 cm³/mol. The summed E-state index contributed by atoms with van der Waals surface area (Å²) in [5, 5.41) is 8.68. The maximum absolute atomic E-state index is 8.68. The van der Waals surface area contributed by atoms with Crippen LogP contribution in [0, 0.1) is 11.3 Å². The molecular formula is C11H9N3S2. The summed E-state index contributed by atoms with van der Waals surface area (Å²) in [6, 6.07) is 9.57. The Morgan fingerprint density at radius 1 is 1.38 bits per heavy atom. The molecule has 2 aromatic rings. The molecule has 0 unspecified atom stereocenters. The topological polar surface area (TPSA) is 49.6 Å². The molecule has 0 aliphatic carbocycles. The van der Waals surface area contributed by atoms with Crippen LogP contribution in [0.15, 0.2) is 33.5 Å². The monoisotopic (exact) mass is 247 g/mol. The summed E-state index contributed by atoms with van der Waals surface area (Å²) in [7, 11) is 0. The van der Waals surface area contributed by atoms with Crippen molar-refractivity contribution in [3.05, 3.63) is 35.7 Å². The van der Waals surface area contributed by atoms with Crippen LogP contribution in [0.5, 0.6) is 0 Å². The van der Waals surface area contributed by atoms with Gasteiger partial charge in [0.05, 0.1) is 11.6 Å². The zero-order valence-corrected chi connectivity index (χ0v) is 10.3. The van der Waals surface area contributed by atoms with Gasteiger partial charge in [0.2, 0.25) is 0 Å². The summed E-state index contributed by atoms with van der Waals surface area (Å²) >= 11 is 2.99. The van der Waals surface area contributed by atoms with Crippen molar-refractivity contribution < 1.29 is 0 Å². The van der Waals surface area contributed by atoms with Gasteiger partial charge in [-0.3, -0.25) is 0 Å². The van der Waals surface area contributed by atoms with Crippen molar-refractivity contribution >= 4 is 23.3 Å². The molecule has 0 amide bonds. The highest BCUT2D eigenvalue weighted by atomic mass is 32.2. The Bertz CT molecular complexity index is 511. The zero-order chi connectivity index (χ0) is 11.4. The molecule has 16 heavy (non-hydrogen) atoms. The highest BCUT2D eigenvalue weighted by Crippen LogP contribution is 2.28. The molecule has 0 radical (unpaired) electrons. The lowest BCUT2D eigenvalue weighted by Gasteiger charge is -1.96. The number of hydrogen-bond acceptors (Lipinski definition) is 5. The molecule has 0 bridgehead atoms. The van der Waals surface area contributed by atoms with Gasteiger partial charge in [0.25, 0.3) is 0 Å². The van der Waals surface area contributed by atoms with Gasteiger partial charge in [-0.05, 0) is 35.8 Å². The normalized spacial score (nSPS) is 10.0. The minimum atomic E-state index is 0.677. The number of hydrogen-bond donors (Lipinski definition) is 0. The number of rotatable bonds is 3. The molecule has 1 aromatic carbocycles. The molecule has 0 saturated carbocycles. The number of nitrogens with zero attached hydrogens (tertiary/aromatic N) is 3. The fourth-order valence-electron chi connectivity index (χ4n) is 1.12. The highest BCUT2D eigenvalue weighted by molar-refractivity contribution is 8.01. The summed E-state index contributed by atoms with van der Waals surface area (Å²) in [6.45, 7) is 2.04. The summed E-state index contributed by atoms with van der Waals surface area (Å²) in [5.74, 6) is 0.890. The first-order valence-corrected chi connectivity index (χ1v) is 6.41. The third-order valence-electron chi connectivity index (χ3n) is 1.95. The lowest BCUT2D eigenvalue weighted by atomic mass is 10.2. The maximum atomic E-state index is 8.68. The summed E-state index contributed by atoms with van der Waals surface area (Å²) in [5.41, 5.74) is 0.677. The van der Waals surface area contributed by atoms with Gasteiger partial charge in [0, 0.05) is 11.3 Å². The van der Waals surface area contributed by atoms with Gasteiger partial charge in [-0.15, -0.1) is 0 Å². The van der Waals surface area contributed by atoms with Crippen LogP contribution < -0.4 is 0 Å². The fraction of sp³-hybridized carbons (Fsp3) is 0.182. The van der Waals surface area contributed by atoms with E-state index in [0.717, 1.165) is 21.5 Å². The summed E-state index contributed by atoms with van der Waals surface area (Å²) in [6.07, 6.45) is 0.866. The number of nitriles is 1. The first kappa shape index (κ1) is 11.1. The molecule has 0 saturated heterocycles. The quantitative estimate of drug-likeness (QED) is 0.836. The zero-order valence-electron chi connectivity index (χ0n) is 8.67. The van der Waals surface area contributed by atoms with E-state index in [4.69, 9.17) is 5.26 Å². The van der Waals surface area contributed by atoms with Crippen molar-refractivity contribution in [3.8, 4) is 6.07 Å². The van der Waals surface area contributed by atoms with Gasteiger partial charge in [-0.1, -0.05) is 18.7 Å². The van der Waals surface area contributed by atoms with Gasteiger partial charge >= 0.3 is 0 Å². The molecule has 0 N–H and O–H groups in total. The SMILES string of the molecule is CCc1nsc(Sc2ccc(C#N)cc2)n1. The largest absolute Gasteiger partial charge is 0.213 e. The molecule has 2 rings (SSSR count). The Balaban J connectivity index is 2.11. The summed E-state index contributed by atoms with van der Waals surface area (Å²) < 4.78 is 5.17. The molecule has 80 valence electrons. The van der Waals surface area contributed by atoms with Gasteiger partial charge in [0.1, 0.15) is 5.82 Å². The Morgan fingerprint density at radius 3 is 2.69 bits per heavy atom. The lowest BCUT2D eigenvalue weighted by molar-refractivity contribution is 0.971. The maximum Gasteiger partial charge on any atom is 0.174 e. The third-order valence-corrected chi connectivity index (χ3v) is 3.75. The van der Waals surface area contributed by atoms with Gasteiger partial charge in [0.15, 0.2) is 4.34 Å². The van der Waals surface area contributed by atoms with Crippen molar-refractivity contribution in [2.75, 3.05) is 0 Å². The van der Waals surface area contributed by atoms with Crippen molar-refractivity contribution in [2.45, 2.75) is 22.6 Å². The number of benzene rings is 1. The third kappa shape index (κ3) is 2.60. The van der Waals surface area contributed by atoms with E-state index >= 15 is 0 Å². The number of aromatic nitrogens is 2. The second kappa shape index (κ2) is 5.10. The van der Waals surface area contributed by atoms with E-state index < -0.39 is 0 Å².